The molecule has 0 aromatic carbocycles. The molecule has 5 heteroatoms. The molecule has 2 aliphatic heterocycles. The van der Waals surface area contributed by atoms with Crippen LogP contribution < -0.4 is 5.32 Å². The molecule has 16 heavy (non-hydrogen) atoms. The molecule has 0 radical (unpaired) electrons. The lowest BCUT2D eigenvalue weighted by atomic mass is 10.0. The summed E-state index contributed by atoms with van der Waals surface area (Å²) in [5.41, 5.74) is 0. The number of nitrogens with zero attached hydrogens (tertiary/aromatic N) is 1. The van der Waals surface area contributed by atoms with Crippen molar-refractivity contribution in [3.05, 3.63) is 22.6 Å². The zero-order valence-corrected chi connectivity index (χ0v) is 10.4. The van der Waals surface area contributed by atoms with E-state index in [1.165, 1.54) is 0 Å². The number of hydrogen-bond donors (Lipinski definition) is 1. The predicted molar refractivity (Wildman–Crippen MR) is 62.2 cm³/mol. The number of likely N-dealkylation sites (tertiary alicyclic amines) is 1. The lowest BCUT2D eigenvalue weighted by molar-refractivity contribution is 0.0706. The number of rotatable bonds is 1. The van der Waals surface area contributed by atoms with Crippen LogP contribution in [0.2, 0.25) is 0 Å². The summed E-state index contributed by atoms with van der Waals surface area (Å²) in [7, 11) is 0. The van der Waals surface area contributed by atoms with E-state index in [0.717, 1.165) is 26.1 Å². The third kappa shape index (κ3) is 1.68. The van der Waals surface area contributed by atoms with Crippen LogP contribution in [0.15, 0.2) is 21.2 Å². The number of fused-ring (bicyclic) bond motifs is 2. The summed E-state index contributed by atoms with van der Waals surface area (Å²) in [6, 6.07) is 3.82. The Labute approximate surface area is 102 Å². The number of furan rings is 1. The first-order chi connectivity index (χ1) is 7.74. The molecular formula is C11H13BrN2O2. The molecule has 1 N–H and O–H groups in total. The second-order valence-electron chi connectivity index (χ2n) is 4.48. The van der Waals surface area contributed by atoms with Crippen LogP contribution in [0.1, 0.15) is 17.0 Å². The Morgan fingerprint density at radius 1 is 1.50 bits per heavy atom. The number of nitrogens with one attached hydrogen (secondary N) is 1. The Bertz CT molecular complexity index is 418. The summed E-state index contributed by atoms with van der Waals surface area (Å²) in [4.78, 5) is 14.1. The van der Waals surface area contributed by atoms with Gasteiger partial charge in [0.2, 0.25) is 0 Å². The van der Waals surface area contributed by atoms with Gasteiger partial charge < -0.3 is 14.6 Å². The molecule has 0 saturated carbocycles. The first kappa shape index (κ1) is 10.4. The van der Waals surface area contributed by atoms with E-state index in [9.17, 15) is 4.79 Å². The van der Waals surface area contributed by atoms with E-state index in [-0.39, 0.29) is 5.91 Å². The topological polar surface area (TPSA) is 45.5 Å². The van der Waals surface area contributed by atoms with Crippen molar-refractivity contribution in [2.45, 2.75) is 12.5 Å². The van der Waals surface area contributed by atoms with Crippen molar-refractivity contribution in [1.29, 1.82) is 0 Å². The highest BCUT2D eigenvalue weighted by Gasteiger charge is 2.38. The fraction of sp³-hybridized carbons (Fsp3) is 0.545. The van der Waals surface area contributed by atoms with Gasteiger partial charge in [-0.3, -0.25) is 4.79 Å². The minimum atomic E-state index is 0.0156. The number of amides is 1. The molecule has 0 spiro atoms. The summed E-state index contributed by atoms with van der Waals surface area (Å²) < 4.78 is 5.92. The average Bonchev–Trinajstić information content (AvgIpc) is 2.83. The Morgan fingerprint density at radius 2 is 2.38 bits per heavy atom. The third-order valence-electron chi connectivity index (χ3n) is 3.36. The largest absolute Gasteiger partial charge is 0.444 e. The molecule has 86 valence electrons. The van der Waals surface area contributed by atoms with Gasteiger partial charge >= 0.3 is 0 Å². The molecule has 2 aliphatic rings. The summed E-state index contributed by atoms with van der Waals surface area (Å²) in [5, 5.41) is 3.35. The summed E-state index contributed by atoms with van der Waals surface area (Å²) in [6.45, 7) is 2.79. The van der Waals surface area contributed by atoms with Crippen LogP contribution in [0.25, 0.3) is 0 Å². The van der Waals surface area contributed by atoms with Gasteiger partial charge in [-0.1, -0.05) is 0 Å². The molecule has 2 unspecified atom stereocenters. The minimum Gasteiger partial charge on any atom is -0.444 e. The molecule has 3 rings (SSSR count). The van der Waals surface area contributed by atoms with Gasteiger partial charge in [-0.15, -0.1) is 0 Å². The van der Waals surface area contributed by atoms with E-state index in [2.05, 4.69) is 21.2 Å². The molecule has 1 aromatic heterocycles. The van der Waals surface area contributed by atoms with Crippen molar-refractivity contribution >= 4 is 21.8 Å². The van der Waals surface area contributed by atoms with E-state index in [1.807, 2.05) is 4.90 Å². The molecule has 3 heterocycles. The normalized spacial score (nSPS) is 28.4. The van der Waals surface area contributed by atoms with Crippen LogP contribution in [0, 0.1) is 5.92 Å². The van der Waals surface area contributed by atoms with Crippen molar-refractivity contribution in [1.82, 2.24) is 10.2 Å². The fourth-order valence-electron chi connectivity index (χ4n) is 2.63. The van der Waals surface area contributed by atoms with Gasteiger partial charge in [0.05, 0.1) is 0 Å². The standard InChI is InChI=1S/C11H13BrN2O2/c12-10-2-1-9(16-10)11(15)14-6-7-3-8(14)5-13-4-7/h1-2,7-8,13H,3-6H2. The van der Waals surface area contributed by atoms with Crippen LogP contribution in [-0.4, -0.2) is 36.5 Å². The van der Waals surface area contributed by atoms with Crippen LogP contribution in [0.4, 0.5) is 0 Å². The molecule has 4 nitrogen and oxygen atoms in total. The van der Waals surface area contributed by atoms with Gasteiger partial charge in [0.1, 0.15) is 0 Å². The minimum absolute atomic E-state index is 0.0156. The van der Waals surface area contributed by atoms with Gasteiger partial charge in [-0.25, -0.2) is 0 Å². The first-order valence-electron chi connectivity index (χ1n) is 5.51. The molecule has 2 bridgehead atoms. The molecule has 0 aliphatic carbocycles. The zero-order chi connectivity index (χ0) is 11.1. The summed E-state index contributed by atoms with van der Waals surface area (Å²) in [6.07, 6.45) is 1.13. The number of carbonyl (C=O) groups excluding carboxylic acids is 1. The van der Waals surface area contributed by atoms with E-state index >= 15 is 0 Å². The summed E-state index contributed by atoms with van der Waals surface area (Å²) >= 11 is 3.22. The lowest BCUT2D eigenvalue weighted by Gasteiger charge is -2.24. The second kappa shape index (κ2) is 3.89. The highest BCUT2D eigenvalue weighted by atomic mass is 79.9. The molecule has 1 amide bonds. The van der Waals surface area contributed by atoms with E-state index < -0.39 is 0 Å². The monoisotopic (exact) mass is 284 g/mol. The van der Waals surface area contributed by atoms with Gasteiger partial charge in [0, 0.05) is 19.1 Å². The maximum absolute atomic E-state index is 12.2. The third-order valence-corrected chi connectivity index (χ3v) is 3.79. The zero-order valence-electron chi connectivity index (χ0n) is 8.78. The van der Waals surface area contributed by atoms with Gasteiger partial charge in [0.15, 0.2) is 10.4 Å². The number of piperidine rings is 1. The number of hydrogen-bond acceptors (Lipinski definition) is 3. The van der Waals surface area contributed by atoms with Crippen LogP contribution >= 0.6 is 15.9 Å². The molecule has 2 atom stereocenters. The molecule has 1 aromatic rings. The molecular weight excluding hydrogens is 272 g/mol. The van der Waals surface area contributed by atoms with E-state index in [0.29, 0.717) is 22.4 Å². The Balaban J connectivity index is 1.80. The van der Waals surface area contributed by atoms with Crippen LogP contribution in [-0.2, 0) is 0 Å². The van der Waals surface area contributed by atoms with Gasteiger partial charge in [-0.05, 0) is 46.9 Å². The molecule has 2 saturated heterocycles. The smallest absolute Gasteiger partial charge is 0.289 e. The van der Waals surface area contributed by atoms with E-state index in [4.69, 9.17) is 4.42 Å². The van der Waals surface area contributed by atoms with Crippen molar-refractivity contribution < 1.29 is 9.21 Å². The number of halogens is 1. The van der Waals surface area contributed by atoms with E-state index in [1.54, 1.807) is 12.1 Å². The quantitative estimate of drug-likeness (QED) is 0.850. The average molecular weight is 285 g/mol. The summed E-state index contributed by atoms with van der Waals surface area (Å²) in [5.74, 6) is 1.06. The Morgan fingerprint density at radius 3 is 3.06 bits per heavy atom. The van der Waals surface area contributed by atoms with Crippen molar-refractivity contribution in [2.24, 2.45) is 5.92 Å². The maximum atomic E-state index is 12.2. The van der Waals surface area contributed by atoms with Crippen molar-refractivity contribution in [2.75, 3.05) is 19.6 Å². The van der Waals surface area contributed by atoms with Gasteiger partial charge in [0.25, 0.3) is 5.91 Å². The van der Waals surface area contributed by atoms with Crippen LogP contribution in [0.5, 0.6) is 0 Å². The van der Waals surface area contributed by atoms with Crippen molar-refractivity contribution in [3.63, 3.8) is 0 Å². The Kier molecular flexibility index (Phi) is 2.52. The SMILES string of the molecule is O=C(c1ccc(Br)o1)N1CC2CNCC1C2. The Hall–Kier alpha value is -0.810. The number of carbonyl (C=O) groups is 1. The predicted octanol–water partition coefficient (Wildman–Crippen LogP) is 1.48. The van der Waals surface area contributed by atoms with Gasteiger partial charge in [-0.2, -0.15) is 0 Å². The first-order valence-corrected chi connectivity index (χ1v) is 6.30. The van der Waals surface area contributed by atoms with Crippen LogP contribution in [0.3, 0.4) is 0 Å². The fourth-order valence-corrected chi connectivity index (χ4v) is 2.94. The maximum Gasteiger partial charge on any atom is 0.289 e. The van der Waals surface area contributed by atoms with Crippen molar-refractivity contribution in [3.8, 4) is 0 Å². The molecule has 2 fully saturated rings. The highest BCUT2D eigenvalue weighted by Crippen LogP contribution is 2.28. The highest BCUT2D eigenvalue weighted by molar-refractivity contribution is 9.10. The lowest BCUT2D eigenvalue weighted by Crippen LogP contribution is -2.41. The second-order valence-corrected chi connectivity index (χ2v) is 5.26.